The number of hydrogen-bond donors (Lipinski definition) is 2. The topological polar surface area (TPSA) is 72.5 Å². The first-order chi connectivity index (χ1) is 18.0. The van der Waals surface area contributed by atoms with E-state index in [4.69, 9.17) is 10.5 Å². The van der Waals surface area contributed by atoms with E-state index in [1.165, 1.54) is 56.9 Å². The molecule has 218 valence electrons. The van der Waals surface area contributed by atoms with Gasteiger partial charge in [0.15, 0.2) is 0 Å². The minimum absolute atomic E-state index is 0.165. The average Bonchev–Trinajstić information content (AvgIpc) is 3.09. The fourth-order valence-electron chi connectivity index (χ4n) is 10.5. The Kier molecular flexibility index (Phi) is 9.32. The molecule has 9 atom stereocenters. The number of hydrogen-bond acceptors (Lipinski definition) is 3. The number of carbonyl (C=O) groups excluding carboxylic acids is 1. The zero-order chi connectivity index (χ0) is 27.7. The molecule has 3 fully saturated rings. The van der Waals surface area contributed by atoms with Crippen molar-refractivity contribution in [2.45, 2.75) is 150 Å². The van der Waals surface area contributed by atoms with Crippen LogP contribution in [-0.2, 0) is 4.74 Å². The Hall–Kier alpha value is -1.03. The Morgan fingerprint density at radius 1 is 1.08 bits per heavy atom. The third-order valence-electron chi connectivity index (χ3n) is 12.1. The molecule has 1 unspecified atom stereocenters. The van der Waals surface area contributed by atoms with Crippen molar-refractivity contribution in [1.29, 1.82) is 0 Å². The molecular formula is C34H59NO3. The molecule has 0 saturated heterocycles. The summed E-state index contributed by atoms with van der Waals surface area (Å²) in [6.45, 7) is 14.4. The largest absolute Gasteiger partial charge is 0.443 e. The molecule has 4 aliphatic rings. The molecule has 4 rings (SSSR count). The van der Waals surface area contributed by atoms with Crippen LogP contribution >= 0.6 is 0 Å². The molecule has 3 saturated carbocycles. The summed E-state index contributed by atoms with van der Waals surface area (Å²) in [5, 5.41) is 10.4. The van der Waals surface area contributed by atoms with Gasteiger partial charge in [-0.05, 0) is 98.2 Å². The highest BCUT2D eigenvalue weighted by atomic mass is 16.6. The van der Waals surface area contributed by atoms with Gasteiger partial charge in [-0.3, -0.25) is 0 Å². The van der Waals surface area contributed by atoms with Gasteiger partial charge in [-0.25, -0.2) is 4.79 Å². The Balaban J connectivity index is 1.69. The third-order valence-corrected chi connectivity index (χ3v) is 12.1. The summed E-state index contributed by atoms with van der Waals surface area (Å²) in [5.74, 6) is 3.48. The van der Waals surface area contributed by atoms with Crippen LogP contribution in [0, 0.1) is 46.3 Å². The van der Waals surface area contributed by atoms with Gasteiger partial charge in [0.25, 0.3) is 0 Å². The SMILES string of the molecule is CCCCCCC1(OC(N)=O)C[C@H]2[C@@H]3CC=C4C[C@@H](O)CC[C@]4(C)[C@H]3CC[C@]2(C)[C@H]1[C@H](C)CCCC(C)C. The molecule has 0 spiro atoms. The minimum atomic E-state index is -0.572. The molecule has 0 radical (unpaired) electrons. The molecule has 0 heterocycles. The highest BCUT2D eigenvalue weighted by molar-refractivity contribution is 5.65. The lowest BCUT2D eigenvalue weighted by atomic mass is 9.47. The highest BCUT2D eigenvalue weighted by Crippen LogP contribution is 2.70. The van der Waals surface area contributed by atoms with Crippen LogP contribution in [0.4, 0.5) is 4.79 Å². The van der Waals surface area contributed by atoms with E-state index in [0.29, 0.717) is 29.6 Å². The summed E-state index contributed by atoms with van der Waals surface area (Å²) < 4.78 is 6.41. The fraction of sp³-hybridized carbons (Fsp3) is 0.912. The maximum Gasteiger partial charge on any atom is 0.405 e. The van der Waals surface area contributed by atoms with Gasteiger partial charge in [-0.15, -0.1) is 0 Å². The average molecular weight is 530 g/mol. The highest BCUT2D eigenvalue weighted by Gasteiger charge is 2.67. The number of aliphatic hydroxyl groups is 1. The van der Waals surface area contributed by atoms with Crippen molar-refractivity contribution in [2.24, 2.45) is 52.1 Å². The first-order valence-corrected chi connectivity index (χ1v) is 16.3. The van der Waals surface area contributed by atoms with Crippen LogP contribution in [0.1, 0.15) is 138 Å². The molecule has 0 aliphatic heterocycles. The van der Waals surface area contributed by atoms with Crippen LogP contribution in [0.25, 0.3) is 0 Å². The lowest BCUT2D eigenvalue weighted by Gasteiger charge is -2.58. The van der Waals surface area contributed by atoms with Gasteiger partial charge in [0, 0.05) is 5.92 Å². The predicted octanol–water partition coefficient (Wildman–Crippen LogP) is 8.80. The number of rotatable bonds is 11. The number of fused-ring (bicyclic) bond motifs is 5. The molecule has 4 aliphatic carbocycles. The monoisotopic (exact) mass is 529 g/mol. The van der Waals surface area contributed by atoms with Crippen molar-refractivity contribution < 1.29 is 14.6 Å². The number of allylic oxidation sites excluding steroid dienone is 1. The van der Waals surface area contributed by atoms with Crippen LogP contribution in [0.15, 0.2) is 11.6 Å². The second-order valence-corrected chi connectivity index (χ2v) is 15.0. The summed E-state index contributed by atoms with van der Waals surface area (Å²) in [4.78, 5) is 12.6. The maximum atomic E-state index is 12.6. The normalized spacial score (nSPS) is 41.2. The van der Waals surface area contributed by atoms with Crippen molar-refractivity contribution >= 4 is 6.09 Å². The predicted molar refractivity (Wildman–Crippen MR) is 157 cm³/mol. The number of aliphatic hydroxyl groups excluding tert-OH is 1. The molecule has 1 amide bonds. The van der Waals surface area contributed by atoms with Crippen LogP contribution in [0.3, 0.4) is 0 Å². The molecule has 3 N–H and O–H groups in total. The number of amides is 1. The smallest absolute Gasteiger partial charge is 0.405 e. The standard InChI is InChI=1S/C34H59NO3/c1-7-8-9-10-18-34(38-31(35)37)22-29-27-15-14-25-21-26(36)16-19-32(25,5)28(27)17-20-33(29,6)30(34)24(4)13-11-12-23(2)3/h14,23-24,26-30,36H,7-13,15-22H2,1-6H3,(H2,35,37)/t24-,26+,27-,28+,29+,30-,32+,33+,34?/m1/s1. The first kappa shape index (κ1) is 29.9. The third kappa shape index (κ3) is 5.59. The Labute approximate surface area is 233 Å². The van der Waals surface area contributed by atoms with Gasteiger partial charge >= 0.3 is 6.09 Å². The lowest BCUT2D eigenvalue weighted by Crippen LogP contribution is -2.52. The molecule has 0 aromatic carbocycles. The van der Waals surface area contributed by atoms with Crippen LogP contribution in [-0.4, -0.2) is 22.9 Å². The molecule has 4 nitrogen and oxygen atoms in total. The number of carbonyl (C=O) groups is 1. The van der Waals surface area contributed by atoms with Gasteiger partial charge in [-0.1, -0.05) is 91.7 Å². The zero-order valence-corrected chi connectivity index (χ0v) is 25.6. The fourth-order valence-corrected chi connectivity index (χ4v) is 10.5. The van der Waals surface area contributed by atoms with E-state index in [-0.39, 0.29) is 16.9 Å². The Bertz CT molecular complexity index is 853. The summed E-state index contributed by atoms with van der Waals surface area (Å²) in [6.07, 6.45) is 18.7. The van der Waals surface area contributed by atoms with Gasteiger partial charge in [0.1, 0.15) is 5.60 Å². The van der Waals surface area contributed by atoms with Gasteiger partial charge < -0.3 is 15.6 Å². The molecular weight excluding hydrogens is 470 g/mol. The molecule has 4 heteroatoms. The van der Waals surface area contributed by atoms with E-state index in [0.717, 1.165) is 50.9 Å². The quantitative estimate of drug-likeness (QED) is 0.207. The summed E-state index contributed by atoms with van der Waals surface area (Å²) in [7, 11) is 0. The van der Waals surface area contributed by atoms with Crippen molar-refractivity contribution in [1.82, 2.24) is 0 Å². The van der Waals surface area contributed by atoms with Crippen molar-refractivity contribution in [3.8, 4) is 0 Å². The van der Waals surface area contributed by atoms with Crippen molar-refractivity contribution in [2.75, 3.05) is 0 Å². The van der Waals surface area contributed by atoms with E-state index < -0.39 is 11.7 Å². The van der Waals surface area contributed by atoms with Crippen molar-refractivity contribution in [3.63, 3.8) is 0 Å². The first-order valence-electron chi connectivity index (χ1n) is 16.3. The lowest BCUT2D eigenvalue weighted by molar-refractivity contribution is -0.0853. The number of ether oxygens (including phenoxy) is 1. The van der Waals surface area contributed by atoms with Gasteiger partial charge in [0.2, 0.25) is 0 Å². The van der Waals surface area contributed by atoms with E-state index >= 15 is 0 Å². The van der Waals surface area contributed by atoms with E-state index in [2.05, 4.69) is 47.6 Å². The minimum Gasteiger partial charge on any atom is -0.443 e. The number of unbranched alkanes of at least 4 members (excludes halogenated alkanes) is 3. The summed E-state index contributed by atoms with van der Waals surface area (Å²) in [5.41, 5.74) is 7.37. The van der Waals surface area contributed by atoms with Crippen LogP contribution in [0.5, 0.6) is 0 Å². The van der Waals surface area contributed by atoms with Gasteiger partial charge in [0.05, 0.1) is 6.10 Å². The number of primary amides is 1. The molecule has 38 heavy (non-hydrogen) atoms. The van der Waals surface area contributed by atoms with Crippen molar-refractivity contribution in [3.05, 3.63) is 11.6 Å². The van der Waals surface area contributed by atoms with Crippen LogP contribution in [0.2, 0.25) is 0 Å². The summed E-state index contributed by atoms with van der Waals surface area (Å²) >= 11 is 0. The Morgan fingerprint density at radius 3 is 2.53 bits per heavy atom. The maximum absolute atomic E-state index is 12.6. The van der Waals surface area contributed by atoms with E-state index in [1.54, 1.807) is 0 Å². The number of nitrogens with two attached hydrogens (primary N) is 1. The zero-order valence-electron chi connectivity index (χ0n) is 25.6. The second kappa shape index (κ2) is 11.8. The van der Waals surface area contributed by atoms with E-state index in [9.17, 15) is 9.90 Å². The second-order valence-electron chi connectivity index (χ2n) is 15.0. The van der Waals surface area contributed by atoms with Crippen LogP contribution < -0.4 is 5.73 Å². The molecule has 0 bridgehead atoms. The summed E-state index contributed by atoms with van der Waals surface area (Å²) in [6, 6.07) is 0. The van der Waals surface area contributed by atoms with E-state index in [1.807, 2.05) is 0 Å². The molecule has 0 aromatic rings. The Morgan fingerprint density at radius 2 is 1.84 bits per heavy atom. The molecule has 0 aromatic heterocycles. The van der Waals surface area contributed by atoms with Gasteiger partial charge in [-0.2, -0.15) is 0 Å².